The topological polar surface area (TPSA) is 40.5 Å². The highest BCUT2D eigenvalue weighted by atomic mass is 19.1. The number of halogens is 1. The molecule has 3 nitrogen and oxygen atoms in total. The number of carbonyl (C=O) groups excluding carboxylic acids is 1. The van der Waals surface area contributed by atoms with E-state index in [0.717, 1.165) is 36.9 Å². The van der Waals surface area contributed by atoms with Crippen LogP contribution in [-0.4, -0.2) is 28.1 Å². The number of hydrogen-bond donors (Lipinski definition) is 1. The predicted octanol–water partition coefficient (Wildman–Crippen LogP) is 4.51. The number of hydrogen-bond acceptors (Lipinski definition) is 2. The maximum Gasteiger partial charge on any atom is 0.254 e. The SMILES string of the molecule is CC(C)(O)CCc1ccc(C(=O)N2CCC[C@H]2c2ccc(F)cc2)cc1. The highest BCUT2D eigenvalue weighted by Crippen LogP contribution is 2.33. The second-order valence-electron chi connectivity index (χ2n) is 7.72. The molecule has 26 heavy (non-hydrogen) atoms. The monoisotopic (exact) mass is 355 g/mol. The van der Waals surface area contributed by atoms with Crippen LogP contribution in [0.15, 0.2) is 48.5 Å². The molecule has 0 aliphatic carbocycles. The molecule has 1 aliphatic rings. The largest absolute Gasteiger partial charge is 0.390 e. The van der Waals surface area contributed by atoms with Gasteiger partial charge in [-0.05, 0) is 74.9 Å². The van der Waals surface area contributed by atoms with Crippen molar-refractivity contribution >= 4 is 5.91 Å². The summed E-state index contributed by atoms with van der Waals surface area (Å²) in [5, 5.41) is 9.84. The number of carbonyl (C=O) groups is 1. The molecule has 0 spiro atoms. The van der Waals surface area contributed by atoms with Crippen LogP contribution >= 0.6 is 0 Å². The van der Waals surface area contributed by atoms with Crippen molar-refractivity contribution < 1.29 is 14.3 Å². The third kappa shape index (κ3) is 4.50. The van der Waals surface area contributed by atoms with Crippen LogP contribution in [0.3, 0.4) is 0 Å². The second kappa shape index (κ2) is 7.58. The number of nitrogens with zero attached hydrogens (tertiary/aromatic N) is 1. The summed E-state index contributed by atoms with van der Waals surface area (Å²) in [7, 11) is 0. The zero-order chi connectivity index (χ0) is 18.7. The van der Waals surface area contributed by atoms with Gasteiger partial charge in [-0.3, -0.25) is 4.79 Å². The Morgan fingerprint density at radius 3 is 2.42 bits per heavy atom. The van der Waals surface area contributed by atoms with Crippen molar-refractivity contribution in [2.24, 2.45) is 0 Å². The van der Waals surface area contributed by atoms with Gasteiger partial charge in [-0.1, -0.05) is 24.3 Å². The normalized spacial score (nSPS) is 17.5. The summed E-state index contributed by atoms with van der Waals surface area (Å²) in [5.74, 6) is -0.239. The van der Waals surface area contributed by atoms with Gasteiger partial charge in [0.15, 0.2) is 0 Å². The Bertz CT molecular complexity index is 747. The fraction of sp³-hybridized carbons (Fsp3) is 0.409. The number of amides is 1. The van der Waals surface area contributed by atoms with Crippen molar-refractivity contribution in [2.75, 3.05) is 6.54 Å². The predicted molar refractivity (Wildman–Crippen MR) is 100 cm³/mol. The van der Waals surface area contributed by atoms with Gasteiger partial charge in [0, 0.05) is 12.1 Å². The highest BCUT2D eigenvalue weighted by Gasteiger charge is 2.30. The lowest BCUT2D eigenvalue weighted by molar-refractivity contribution is 0.0710. The quantitative estimate of drug-likeness (QED) is 0.857. The molecule has 0 aromatic heterocycles. The number of rotatable bonds is 5. The van der Waals surface area contributed by atoms with E-state index in [0.29, 0.717) is 12.0 Å². The molecule has 1 aliphatic heterocycles. The van der Waals surface area contributed by atoms with Gasteiger partial charge in [-0.15, -0.1) is 0 Å². The van der Waals surface area contributed by atoms with Gasteiger partial charge in [0.2, 0.25) is 0 Å². The molecule has 1 N–H and O–H groups in total. The molecule has 0 saturated carbocycles. The molecule has 2 aromatic rings. The van der Waals surface area contributed by atoms with Crippen LogP contribution in [0.2, 0.25) is 0 Å². The lowest BCUT2D eigenvalue weighted by Gasteiger charge is -2.25. The zero-order valence-corrected chi connectivity index (χ0v) is 15.4. The molecule has 3 rings (SSSR count). The van der Waals surface area contributed by atoms with Crippen molar-refractivity contribution in [1.82, 2.24) is 4.90 Å². The van der Waals surface area contributed by atoms with Gasteiger partial charge in [0.1, 0.15) is 5.82 Å². The number of benzene rings is 2. The maximum absolute atomic E-state index is 13.2. The third-order valence-corrected chi connectivity index (χ3v) is 4.99. The van der Waals surface area contributed by atoms with E-state index in [-0.39, 0.29) is 17.8 Å². The van der Waals surface area contributed by atoms with Crippen LogP contribution in [0.4, 0.5) is 4.39 Å². The van der Waals surface area contributed by atoms with Crippen molar-refractivity contribution in [3.63, 3.8) is 0 Å². The number of likely N-dealkylation sites (tertiary alicyclic amines) is 1. The van der Waals surface area contributed by atoms with Crippen LogP contribution in [0.5, 0.6) is 0 Å². The molecule has 1 saturated heterocycles. The van der Waals surface area contributed by atoms with E-state index in [2.05, 4.69) is 0 Å². The molecule has 138 valence electrons. The summed E-state index contributed by atoms with van der Waals surface area (Å²) in [5.41, 5.74) is 2.08. The van der Waals surface area contributed by atoms with E-state index in [1.807, 2.05) is 29.2 Å². The van der Waals surface area contributed by atoms with Gasteiger partial charge < -0.3 is 10.0 Å². The fourth-order valence-electron chi connectivity index (χ4n) is 3.47. The van der Waals surface area contributed by atoms with Gasteiger partial charge in [0.25, 0.3) is 5.91 Å². The summed E-state index contributed by atoms with van der Waals surface area (Å²) in [4.78, 5) is 14.8. The van der Waals surface area contributed by atoms with E-state index >= 15 is 0 Å². The molecular weight excluding hydrogens is 329 g/mol. The standard InChI is InChI=1S/C22H26FNO2/c1-22(2,26)14-13-16-5-7-18(8-6-16)21(25)24-15-3-4-20(24)17-9-11-19(23)12-10-17/h5-12,20,26H,3-4,13-15H2,1-2H3/t20-/m0/s1. The summed E-state index contributed by atoms with van der Waals surface area (Å²) in [6.45, 7) is 4.32. The summed E-state index contributed by atoms with van der Waals surface area (Å²) in [6.07, 6.45) is 3.32. The van der Waals surface area contributed by atoms with Gasteiger partial charge >= 0.3 is 0 Å². The zero-order valence-electron chi connectivity index (χ0n) is 15.4. The fourth-order valence-corrected chi connectivity index (χ4v) is 3.47. The van der Waals surface area contributed by atoms with Gasteiger partial charge in [-0.2, -0.15) is 0 Å². The summed E-state index contributed by atoms with van der Waals surface area (Å²) in [6, 6.07) is 14.1. The number of aryl methyl sites for hydroxylation is 1. The first-order chi connectivity index (χ1) is 12.3. The Kier molecular flexibility index (Phi) is 5.42. The molecule has 1 atom stereocenters. The number of aliphatic hydroxyl groups is 1. The maximum atomic E-state index is 13.2. The van der Waals surface area contributed by atoms with Crippen LogP contribution in [-0.2, 0) is 6.42 Å². The average molecular weight is 355 g/mol. The first-order valence-electron chi connectivity index (χ1n) is 9.21. The van der Waals surface area contributed by atoms with Crippen LogP contribution in [0, 0.1) is 5.82 Å². The molecule has 4 heteroatoms. The van der Waals surface area contributed by atoms with Crippen molar-refractivity contribution in [3.8, 4) is 0 Å². The first-order valence-corrected chi connectivity index (χ1v) is 9.21. The van der Waals surface area contributed by atoms with Crippen molar-refractivity contribution in [2.45, 2.75) is 51.2 Å². The first kappa shape index (κ1) is 18.6. The van der Waals surface area contributed by atoms with Gasteiger partial charge in [-0.25, -0.2) is 4.39 Å². The van der Waals surface area contributed by atoms with Gasteiger partial charge in [0.05, 0.1) is 11.6 Å². The summed E-state index contributed by atoms with van der Waals surface area (Å²) < 4.78 is 13.2. The Labute approximate surface area is 154 Å². The molecule has 1 amide bonds. The Morgan fingerprint density at radius 1 is 1.15 bits per heavy atom. The Balaban J connectivity index is 1.70. The molecule has 0 bridgehead atoms. The smallest absolute Gasteiger partial charge is 0.254 e. The van der Waals surface area contributed by atoms with Crippen molar-refractivity contribution in [3.05, 3.63) is 71.0 Å². The molecule has 1 fully saturated rings. The van der Waals surface area contributed by atoms with E-state index < -0.39 is 5.60 Å². The highest BCUT2D eigenvalue weighted by molar-refractivity contribution is 5.94. The van der Waals surface area contributed by atoms with Crippen LogP contribution < -0.4 is 0 Å². The summed E-state index contributed by atoms with van der Waals surface area (Å²) >= 11 is 0. The molecule has 2 aromatic carbocycles. The van der Waals surface area contributed by atoms with Crippen LogP contribution in [0.1, 0.15) is 60.6 Å². The van der Waals surface area contributed by atoms with E-state index in [1.54, 1.807) is 26.0 Å². The molecule has 0 unspecified atom stereocenters. The van der Waals surface area contributed by atoms with E-state index in [1.165, 1.54) is 12.1 Å². The average Bonchev–Trinajstić information content (AvgIpc) is 3.09. The Hall–Kier alpha value is -2.20. The minimum absolute atomic E-state index is 0.0120. The van der Waals surface area contributed by atoms with Crippen molar-refractivity contribution in [1.29, 1.82) is 0 Å². The second-order valence-corrected chi connectivity index (χ2v) is 7.72. The lowest BCUT2D eigenvalue weighted by Crippen LogP contribution is -2.30. The lowest BCUT2D eigenvalue weighted by atomic mass is 9.98. The van der Waals surface area contributed by atoms with E-state index in [9.17, 15) is 14.3 Å². The third-order valence-electron chi connectivity index (χ3n) is 4.99. The Morgan fingerprint density at radius 2 is 1.81 bits per heavy atom. The molecule has 1 heterocycles. The minimum Gasteiger partial charge on any atom is -0.390 e. The van der Waals surface area contributed by atoms with Crippen LogP contribution in [0.25, 0.3) is 0 Å². The van der Waals surface area contributed by atoms with E-state index in [4.69, 9.17) is 0 Å². The molecular formula is C22H26FNO2. The molecule has 0 radical (unpaired) electrons. The minimum atomic E-state index is -0.688.